The van der Waals surface area contributed by atoms with Gasteiger partial charge in [0, 0.05) is 18.2 Å². The molecule has 0 bridgehead atoms. The number of hydrogen-bond acceptors (Lipinski definition) is 2. The van der Waals surface area contributed by atoms with E-state index < -0.39 is 5.97 Å². The minimum atomic E-state index is -0.984. The zero-order chi connectivity index (χ0) is 15.3. The molecule has 0 heterocycles. The molecule has 0 spiro atoms. The van der Waals surface area contributed by atoms with Crippen molar-refractivity contribution in [2.45, 2.75) is 32.6 Å². The van der Waals surface area contributed by atoms with Crippen LogP contribution in [0.3, 0.4) is 0 Å². The van der Waals surface area contributed by atoms with Crippen LogP contribution in [0.2, 0.25) is 0 Å². The fourth-order valence-corrected chi connectivity index (χ4v) is 2.51. The molecule has 1 aromatic carbocycles. The Morgan fingerprint density at radius 3 is 2.48 bits per heavy atom. The molecule has 0 aromatic heterocycles. The number of carboxylic acids is 1. The molecule has 1 saturated carbocycles. The lowest BCUT2D eigenvalue weighted by Crippen LogP contribution is -2.30. The molecule has 0 unspecified atom stereocenters. The summed E-state index contributed by atoms with van der Waals surface area (Å²) >= 11 is 0. The van der Waals surface area contributed by atoms with Gasteiger partial charge >= 0.3 is 5.97 Å². The first-order valence-corrected chi connectivity index (χ1v) is 7.34. The summed E-state index contributed by atoms with van der Waals surface area (Å²) in [5.41, 5.74) is 1.71. The number of aliphatic carboxylic acids is 1. The van der Waals surface area contributed by atoms with Gasteiger partial charge in [-0.25, -0.2) is 4.79 Å². The zero-order valence-electron chi connectivity index (χ0n) is 12.3. The number of carboxylic acid groups (broad SMARTS) is 1. The molecule has 1 fully saturated rings. The van der Waals surface area contributed by atoms with Crippen LogP contribution in [0.5, 0.6) is 0 Å². The number of amides is 1. The van der Waals surface area contributed by atoms with E-state index in [9.17, 15) is 9.59 Å². The second-order valence-corrected chi connectivity index (χ2v) is 5.73. The van der Waals surface area contributed by atoms with Gasteiger partial charge in [-0.05, 0) is 48.4 Å². The van der Waals surface area contributed by atoms with Gasteiger partial charge < -0.3 is 10.4 Å². The Labute approximate surface area is 124 Å². The van der Waals surface area contributed by atoms with E-state index in [0.717, 1.165) is 24.6 Å². The van der Waals surface area contributed by atoms with E-state index in [1.807, 2.05) is 0 Å². The highest BCUT2D eigenvalue weighted by Crippen LogP contribution is 2.48. The summed E-state index contributed by atoms with van der Waals surface area (Å²) in [7, 11) is 0. The summed E-state index contributed by atoms with van der Waals surface area (Å²) in [6.07, 6.45) is 7.33. The van der Waals surface area contributed by atoms with Gasteiger partial charge in [-0.2, -0.15) is 0 Å². The van der Waals surface area contributed by atoms with Crippen molar-refractivity contribution >= 4 is 18.0 Å². The van der Waals surface area contributed by atoms with Crippen LogP contribution in [-0.2, 0) is 4.79 Å². The van der Waals surface area contributed by atoms with Gasteiger partial charge in [0.25, 0.3) is 5.91 Å². The molecule has 0 atom stereocenters. The lowest BCUT2D eigenvalue weighted by molar-refractivity contribution is -0.131. The minimum absolute atomic E-state index is 0.0638. The monoisotopic (exact) mass is 287 g/mol. The predicted octanol–water partition coefficient (Wildman–Crippen LogP) is 3.09. The number of nitrogens with one attached hydrogen (secondary N) is 1. The number of carbonyl (C=O) groups excluding carboxylic acids is 1. The standard InChI is InChI=1S/C17H21NO3/c1-2-9-17(10-11-17)12-18-16(21)14-6-3-13(4-7-14)5-8-15(19)20/h3-8H,2,9-12H2,1H3,(H,18,21)(H,19,20)/b8-5+. The van der Waals surface area contributed by atoms with E-state index in [1.54, 1.807) is 24.3 Å². The van der Waals surface area contributed by atoms with E-state index in [4.69, 9.17) is 5.11 Å². The van der Waals surface area contributed by atoms with Gasteiger partial charge in [-0.3, -0.25) is 4.79 Å². The highest BCUT2D eigenvalue weighted by atomic mass is 16.4. The highest BCUT2D eigenvalue weighted by Gasteiger charge is 2.41. The molecule has 21 heavy (non-hydrogen) atoms. The average Bonchev–Trinajstić information content (AvgIpc) is 3.24. The number of hydrogen-bond donors (Lipinski definition) is 2. The Kier molecular flexibility index (Phi) is 4.78. The topological polar surface area (TPSA) is 66.4 Å². The van der Waals surface area contributed by atoms with Crippen LogP contribution in [0.25, 0.3) is 6.08 Å². The van der Waals surface area contributed by atoms with Gasteiger partial charge in [0.05, 0.1) is 0 Å². The Morgan fingerprint density at radius 1 is 1.29 bits per heavy atom. The maximum atomic E-state index is 12.1. The second-order valence-electron chi connectivity index (χ2n) is 5.73. The normalized spacial score (nSPS) is 15.9. The molecule has 0 aliphatic heterocycles. The van der Waals surface area contributed by atoms with Gasteiger partial charge in [-0.1, -0.05) is 25.5 Å². The molecule has 112 valence electrons. The van der Waals surface area contributed by atoms with Crippen LogP contribution in [-0.4, -0.2) is 23.5 Å². The van der Waals surface area contributed by atoms with Crippen LogP contribution in [0.4, 0.5) is 0 Å². The Hall–Kier alpha value is -2.10. The third-order valence-corrected chi connectivity index (χ3v) is 3.95. The number of carbonyl (C=O) groups is 2. The second kappa shape index (κ2) is 6.57. The van der Waals surface area contributed by atoms with E-state index in [1.165, 1.54) is 25.3 Å². The van der Waals surface area contributed by atoms with Crippen molar-refractivity contribution in [3.8, 4) is 0 Å². The van der Waals surface area contributed by atoms with Crippen molar-refractivity contribution in [1.82, 2.24) is 5.32 Å². The van der Waals surface area contributed by atoms with E-state index in [2.05, 4.69) is 12.2 Å². The smallest absolute Gasteiger partial charge is 0.328 e. The van der Waals surface area contributed by atoms with Gasteiger partial charge in [0.15, 0.2) is 0 Å². The zero-order valence-corrected chi connectivity index (χ0v) is 12.3. The summed E-state index contributed by atoms with van der Waals surface area (Å²) < 4.78 is 0. The van der Waals surface area contributed by atoms with Crippen LogP contribution < -0.4 is 5.32 Å². The maximum absolute atomic E-state index is 12.1. The average molecular weight is 287 g/mol. The molecule has 4 nitrogen and oxygen atoms in total. The van der Waals surface area contributed by atoms with Gasteiger partial charge in [-0.15, -0.1) is 0 Å². The van der Waals surface area contributed by atoms with Gasteiger partial charge in [0.1, 0.15) is 0 Å². The lowest BCUT2D eigenvalue weighted by Gasteiger charge is -2.14. The first kappa shape index (κ1) is 15.3. The molecule has 0 radical (unpaired) electrons. The maximum Gasteiger partial charge on any atom is 0.328 e. The molecule has 0 saturated heterocycles. The molecule has 4 heteroatoms. The SMILES string of the molecule is CCCC1(CNC(=O)c2ccc(/C=C/C(=O)O)cc2)CC1. The molecule has 1 amide bonds. The highest BCUT2D eigenvalue weighted by molar-refractivity contribution is 5.94. The van der Waals surface area contributed by atoms with Gasteiger partial charge in [0.2, 0.25) is 0 Å². The minimum Gasteiger partial charge on any atom is -0.478 e. The molecule has 1 aliphatic carbocycles. The van der Waals surface area contributed by atoms with E-state index >= 15 is 0 Å². The van der Waals surface area contributed by atoms with Crippen molar-refractivity contribution in [1.29, 1.82) is 0 Å². The van der Waals surface area contributed by atoms with Crippen molar-refractivity contribution in [2.75, 3.05) is 6.54 Å². The molecular weight excluding hydrogens is 266 g/mol. The van der Waals surface area contributed by atoms with Crippen molar-refractivity contribution < 1.29 is 14.7 Å². The summed E-state index contributed by atoms with van der Waals surface area (Å²) in [6.45, 7) is 2.92. The van der Waals surface area contributed by atoms with Crippen molar-refractivity contribution in [3.63, 3.8) is 0 Å². The largest absolute Gasteiger partial charge is 0.478 e. The number of benzene rings is 1. The first-order chi connectivity index (χ1) is 10.0. The summed E-state index contributed by atoms with van der Waals surface area (Å²) in [5, 5.41) is 11.6. The van der Waals surface area contributed by atoms with Crippen molar-refractivity contribution in [2.24, 2.45) is 5.41 Å². The Bertz CT molecular complexity index is 542. The Balaban J connectivity index is 1.89. The van der Waals surface area contributed by atoms with Crippen molar-refractivity contribution in [3.05, 3.63) is 41.5 Å². The van der Waals surface area contributed by atoms with Crippen LogP contribution >= 0.6 is 0 Å². The quantitative estimate of drug-likeness (QED) is 0.757. The molecule has 1 aliphatic rings. The summed E-state index contributed by atoms with van der Waals surface area (Å²) in [6, 6.07) is 6.92. The summed E-state index contributed by atoms with van der Waals surface area (Å²) in [4.78, 5) is 22.5. The predicted molar refractivity (Wildman–Crippen MR) is 82.0 cm³/mol. The molecular formula is C17H21NO3. The molecule has 2 rings (SSSR count). The Morgan fingerprint density at radius 2 is 1.95 bits per heavy atom. The summed E-state index contributed by atoms with van der Waals surface area (Å²) in [5.74, 6) is -1.05. The molecule has 1 aromatic rings. The van der Waals surface area contributed by atoms with Crippen LogP contribution in [0, 0.1) is 5.41 Å². The van der Waals surface area contributed by atoms with E-state index in [0.29, 0.717) is 11.0 Å². The molecule has 2 N–H and O–H groups in total. The first-order valence-electron chi connectivity index (χ1n) is 7.34. The van der Waals surface area contributed by atoms with E-state index in [-0.39, 0.29) is 5.91 Å². The third-order valence-electron chi connectivity index (χ3n) is 3.95. The fraction of sp³-hybridized carbons (Fsp3) is 0.412. The van der Waals surface area contributed by atoms with Crippen LogP contribution in [0.1, 0.15) is 48.5 Å². The van der Waals surface area contributed by atoms with Crippen LogP contribution in [0.15, 0.2) is 30.3 Å². The number of rotatable bonds is 7. The third kappa shape index (κ3) is 4.45. The lowest BCUT2D eigenvalue weighted by atomic mass is 10.0. The fourth-order valence-electron chi connectivity index (χ4n) is 2.51.